The molecule has 15 heavy (non-hydrogen) atoms. The van der Waals surface area contributed by atoms with Crippen molar-refractivity contribution in [2.24, 2.45) is 0 Å². The molecule has 0 aliphatic carbocycles. The number of aromatic nitrogens is 1. The molecule has 0 radical (unpaired) electrons. The van der Waals surface area contributed by atoms with Crippen LogP contribution in [0.15, 0.2) is 36.5 Å². The zero-order valence-corrected chi connectivity index (χ0v) is 8.34. The second kappa shape index (κ2) is 4.04. The molecule has 0 aliphatic rings. The van der Waals surface area contributed by atoms with Gasteiger partial charge in [0.2, 0.25) is 0 Å². The Kier molecular flexibility index (Phi) is 2.58. The molecule has 78 valence electrons. The van der Waals surface area contributed by atoms with E-state index in [4.69, 9.17) is 4.84 Å². The summed E-state index contributed by atoms with van der Waals surface area (Å²) in [5.74, 6) is 0. The molecule has 0 aliphatic heterocycles. The van der Waals surface area contributed by atoms with Gasteiger partial charge in [-0.2, -0.15) is 4.73 Å². The predicted octanol–water partition coefficient (Wildman–Crippen LogP) is 2.23. The highest BCUT2D eigenvalue weighted by Crippen LogP contribution is 2.13. The molecule has 1 heterocycles. The zero-order valence-electron chi connectivity index (χ0n) is 8.34. The third kappa shape index (κ3) is 1.93. The van der Waals surface area contributed by atoms with Crippen molar-refractivity contribution < 1.29 is 14.4 Å². The van der Waals surface area contributed by atoms with Gasteiger partial charge in [-0.3, -0.25) is 0 Å². The first-order valence-corrected chi connectivity index (χ1v) is 4.72. The molecule has 0 spiro atoms. The van der Waals surface area contributed by atoms with Gasteiger partial charge < -0.3 is 9.57 Å². The van der Waals surface area contributed by atoms with Gasteiger partial charge in [-0.15, -0.1) is 0 Å². The molecule has 0 saturated heterocycles. The number of para-hydroxylation sites is 1. The standard InChI is InChI=1S/C11H11NO3/c1-2-14-11(13)15-12-8-7-9-5-3-4-6-10(9)12/h3-8H,2H2,1H3. The van der Waals surface area contributed by atoms with E-state index in [9.17, 15) is 4.79 Å². The van der Waals surface area contributed by atoms with E-state index in [1.165, 1.54) is 4.73 Å². The molecule has 0 bridgehead atoms. The van der Waals surface area contributed by atoms with E-state index in [1.54, 1.807) is 13.1 Å². The number of ether oxygens (including phenoxy) is 1. The van der Waals surface area contributed by atoms with Crippen molar-refractivity contribution in [3.63, 3.8) is 0 Å². The lowest BCUT2D eigenvalue weighted by Crippen LogP contribution is -2.19. The summed E-state index contributed by atoms with van der Waals surface area (Å²) < 4.78 is 6.08. The van der Waals surface area contributed by atoms with Gasteiger partial charge in [-0.05, 0) is 19.1 Å². The van der Waals surface area contributed by atoms with Gasteiger partial charge in [-0.25, -0.2) is 4.79 Å². The average molecular weight is 205 g/mol. The molecule has 0 amide bonds. The largest absolute Gasteiger partial charge is 0.533 e. The first-order chi connectivity index (χ1) is 7.31. The van der Waals surface area contributed by atoms with Crippen molar-refractivity contribution in [3.8, 4) is 0 Å². The van der Waals surface area contributed by atoms with Crippen molar-refractivity contribution in [2.45, 2.75) is 6.92 Å². The minimum absolute atomic E-state index is 0.304. The summed E-state index contributed by atoms with van der Waals surface area (Å²) >= 11 is 0. The number of benzene rings is 1. The zero-order chi connectivity index (χ0) is 10.7. The molecule has 2 rings (SSSR count). The van der Waals surface area contributed by atoms with Gasteiger partial charge >= 0.3 is 6.16 Å². The highest BCUT2D eigenvalue weighted by atomic mass is 16.8. The second-order valence-electron chi connectivity index (χ2n) is 2.97. The molecule has 2 aromatic rings. The normalized spacial score (nSPS) is 10.2. The van der Waals surface area contributed by atoms with Crippen LogP contribution < -0.4 is 4.84 Å². The van der Waals surface area contributed by atoms with Crippen molar-refractivity contribution in [2.75, 3.05) is 6.61 Å². The van der Waals surface area contributed by atoms with Crippen LogP contribution in [0.2, 0.25) is 0 Å². The fraction of sp³-hybridized carbons (Fsp3) is 0.182. The van der Waals surface area contributed by atoms with Crippen molar-refractivity contribution >= 4 is 17.1 Å². The molecular weight excluding hydrogens is 194 g/mol. The fourth-order valence-corrected chi connectivity index (χ4v) is 1.36. The summed E-state index contributed by atoms with van der Waals surface area (Å²) in [6.45, 7) is 2.03. The van der Waals surface area contributed by atoms with Crippen LogP contribution in [0.25, 0.3) is 10.9 Å². The maximum Gasteiger partial charge on any atom is 0.533 e. The molecule has 0 saturated carbocycles. The molecule has 1 aromatic carbocycles. The molecule has 4 nitrogen and oxygen atoms in total. The Balaban J connectivity index is 2.25. The minimum Gasteiger partial charge on any atom is -0.433 e. The number of hydrogen-bond donors (Lipinski definition) is 0. The van der Waals surface area contributed by atoms with E-state index in [0.29, 0.717) is 6.61 Å². The van der Waals surface area contributed by atoms with Crippen LogP contribution in [0.4, 0.5) is 4.79 Å². The summed E-state index contributed by atoms with van der Waals surface area (Å²) in [6, 6.07) is 9.49. The number of carbonyl (C=O) groups excluding carboxylic acids is 1. The van der Waals surface area contributed by atoms with E-state index in [-0.39, 0.29) is 0 Å². The van der Waals surface area contributed by atoms with Crippen LogP contribution in [0.3, 0.4) is 0 Å². The van der Waals surface area contributed by atoms with Gasteiger partial charge in [0.05, 0.1) is 12.1 Å². The molecular formula is C11H11NO3. The van der Waals surface area contributed by atoms with Gasteiger partial charge in [0.1, 0.15) is 0 Å². The summed E-state index contributed by atoms with van der Waals surface area (Å²) in [6.07, 6.45) is 0.987. The lowest BCUT2D eigenvalue weighted by Gasteiger charge is -2.04. The maximum atomic E-state index is 11.1. The summed E-state index contributed by atoms with van der Waals surface area (Å²) in [4.78, 5) is 16.1. The van der Waals surface area contributed by atoms with Crippen LogP contribution in [0.1, 0.15) is 6.92 Å². The van der Waals surface area contributed by atoms with E-state index in [1.807, 2.05) is 30.3 Å². The molecule has 1 aromatic heterocycles. The van der Waals surface area contributed by atoms with Crippen molar-refractivity contribution in [3.05, 3.63) is 36.5 Å². The van der Waals surface area contributed by atoms with Gasteiger partial charge in [-0.1, -0.05) is 18.2 Å². The number of rotatable bonds is 2. The molecule has 0 N–H and O–H groups in total. The van der Waals surface area contributed by atoms with Crippen LogP contribution in [-0.4, -0.2) is 17.5 Å². The Morgan fingerprint density at radius 3 is 2.93 bits per heavy atom. The SMILES string of the molecule is CCOC(=O)On1ccc2ccccc21. The first-order valence-electron chi connectivity index (χ1n) is 4.72. The highest BCUT2D eigenvalue weighted by Gasteiger charge is 2.06. The number of carbonyl (C=O) groups is 1. The van der Waals surface area contributed by atoms with Crippen LogP contribution in [-0.2, 0) is 4.74 Å². The second-order valence-corrected chi connectivity index (χ2v) is 2.97. The van der Waals surface area contributed by atoms with Crippen molar-refractivity contribution in [1.29, 1.82) is 0 Å². The third-order valence-corrected chi connectivity index (χ3v) is 2.00. The topological polar surface area (TPSA) is 40.5 Å². The van der Waals surface area contributed by atoms with E-state index in [0.717, 1.165) is 10.9 Å². The van der Waals surface area contributed by atoms with Gasteiger partial charge in [0.25, 0.3) is 0 Å². The Morgan fingerprint density at radius 1 is 1.33 bits per heavy atom. The van der Waals surface area contributed by atoms with E-state index in [2.05, 4.69) is 4.74 Å². The summed E-state index contributed by atoms with van der Waals surface area (Å²) in [5, 5.41) is 1.02. The quantitative estimate of drug-likeness (QED) is 0.706. The monoisotopic (exact) mass is 205 g/mol. The molecule has 4 heteroatoms. The Labute approximate surface area is 87.0 Å². The van der Waals surface area contributed by atoms with Crippen LogP contribution in [0, 0.1) is 0 Å². The summed E-state index contributed by atoms with van der Waals surface area (Å²) in [5.41, 5.74) is 0.838. The minimum atomic E-state index is -0.696. The van der Waals surface area contributed by atoms with E-state index >= 15 is 0 Å². The number of fused-ring (bicyclic) bond motifs is 1. The lowest BCUT2D eigenvalue weighted by molar-refractivity contribution is 0.0551. The maximum absolute atomic E-state index is 11.1. The molecule has 0 fully saturated rings. The third-order valence-electron chi connectivity index (χ3n) is 2.00. The first kappa shape index (κ1) is 9.58. The lowest BCUT2D eigenvalue weighted by atomic mass is 10.3. The number of nitrogens with zero attached hydrogens (tertiary/aromatic N) is 1. The van der Waals surface area contributed by atoms with E-state index < -0.39 is 6.16 Å². The Morgan fingerprint density at radius 2 is 2.13 bits per heavy atom. The smallest absolute Gasteiger partial charge is 0.433 e. The van der Waals surface area contributed by atoms with Crippen LogP contribution in [0.5, 0.6) is 0 Å². The Bertz CT molecular complexity index is 475. The predicted molar refractivity (Wildman–Crippen MR) is 55.5 cm³/mol. The van der Waals surface area contributed by atoms with Gasteiger partial charge in [0, 0.05) is 11.6 Å². The Hall–Kier alpha value is -1.97. The average Bonchev–Trinajstić information content (AvgIpc) is 2.62. The molecule has 0 unspecified atom stereocenters. The van der Waals surface area contributed by atoms with Crippen molar-refractivity contribution in [1.82, 2.24) is 4.73 Å². The molecule has 0 atom stereocenters. The summed E-state index contributed by atoms with van der Waals surface area (Å²) in [7, 11) is 0. The van der Waals surface area contributed by atoms with Crippen LogP contribution >= 0.6 is 0 Å². The number of hydrogen-bond acceptors (Lipinski definition) is 3. The highest BCUT2D eigenvalue weighted by molar-refractivity contribution is 5.80. The fourth-order valence-electron chi connectivity index (χ4n) is 1.36. The van der Waals surface area contributed by atoms with Gasteiger partial charge in [0.15, 0.2) is 0 Å².